The third kappa shape index (κ3) is 3.73. The zero-order chi connectivity index (χ0) is 10.6. The topological polar surface area (TPSA) is 0 Å². The minimum atomic E-state index is 0.590. The van der Waals surface area contributed by atoms with Gasteiger partial charge < -0.3 is 0 Å². The monoisotopic (exact) mass is 358 g/mol. The molecule has 14 heavy (non-hydrogen) atoms. The highest BCUT2D eigenvalue weighted by molar-refractivity contribution is 9.09. The van der Waals surface area contributed by atoms with E-state index in [9.17, 15) is 0 Å². The first-order valence-corrected chi connectivity index (χ1v) is 7.23. The second kappa shape index (κ2) is 6.37. The van der Waals surface area contributed by atoms with Crippen molar-refractivity contribution in [1.29, 1.82) is 0 Å². The zero-order valence-corrected chi connectivity index (χ0v) is 12.1. The third-order valence-corrected chi connectivity index (χ3v) is 4.52. The van der Waals surface area contributed by atoms with Gasteiger partial charge >= 0.3 is 0 Å². The molecule has 0 saturated heterocycles. The largest absolute Gasteiger partial charge is 0.0925 e. The molecule has 0 heterocycles. The van der Waals surface area contributed by atoms with Gasteiger partial charge in [-0.1, -0.05) is 61.1 Å². The maximum Gasteiger partial charge on any atom is 0.0595 e. The number of rotatable bonds is 4. The molecule has 0 bridgehead atoms. The molecule has 1 aromatic rings. The fraction of sp³-hybridized carbons (Fsp3) is 0.400. The first-order valence-electron chi connectivity index (χ1n) is 4.23. The molecule has 0 amide bonds. The summed E-state index contributed by atoms with van der Waals surface area (Å²) in [5.41, 5.74) is 1.23. The molecule has 0 atom stereocenters. The zero-order valence-electron chi connectivity index (χ0n) is 7.44. The first kappa shape index (κ1) is 12.8. The van der Waals surface area contributed by atoms with E-state index >= 15 is 0 Å². The molecule has 0 fully saturated rings. The Labute approximate surface area is 111 Å². The van der Waals surface area contributed by atoms with E-state index in [0.29, 0.717) is 16.0 Å². The van der Waals surface area contributed by atoms with Crippen molar-refractivity contribution in [2.45, 2.75) is 6.42 Å². The van der Waals surface area contributed by atoms with Crippen molar-refractivity contribution in [3.8, 4) is 0 Å². The molecule has 1 aromatic carbocycles. The van der Waals surface area contributed by atoms with Crippen LogP contribution in [-0.4, -0.2) is 10.7 Å². The summed E-state index contributed by atoms with van der Waals surface area (Å²) in [6, 6.07) is 5.80. The summed E-state index contributed by atoms with van der Waals surface area (Å²) in [6.07, 6.45) is 1.01. The summed E-state index contributed by atoms with van der Waals surface area (Å²) in [4.78, 5) is 0. The second-order valence-electron chi connectivity index (χ2n) is 3.13. The highest BCUT2D eigenvalue weighted by Crippen LogP contribution is 2.24. The molecule has 0 N–H and O–H groups in total. The fourth-order valence-electron chi connectivity index (χ4n) is 1.15. The van der Waals surface area contributed by atoms with Crippen molar-refractivity contribution in [2.24, 2.45) is 5.92 Å². The maximum atomic E-state index is 5.93. The predicted octanol–water partition coefficient (Wildman–Crippen LogP) is 4.94. The average Bonchev–Trinajstić information content (AvgIpc) is 2.19. The molecule has 0 aliphatic carbocycles. The second-order valence-corrected chi connectivity index (χ2v) is 5.24. The Morgan fingerprint density at radius 1 is 1.07 bits per heavy atom. The molecule has 0 nitrogen and oxygen atoms in total. The number of halogens is 4. The van der Waals surface area contributed by atoms with E-state index in [-0.39, 0.29) is 0 Å². The smallest absolute Gasteiger partial charge is 0.0595 e. The Morgan fingerprint density at radius 2 is 1.71 bits per heavy atom. The molecule has 0 radical (unpaired) electrons. The summed E-state index contributed by atoms with van der Waals surface area (Å²) < 4.78 is 0. The third-order valence-electron chi connectivity index (χ3n) is 1.94. The van der Waals surface area contributed by atoms with Crippen LogP contribution in [-0.2, 0) is 6.42 Å². The van der Waals surface area contributed by atoms with Gasteiger partial charge in [-0.2, -0.15) is 0 Å². The summed E-state index contributed by atoms with van der Waals surface area (Å²) in [5.74, 6) is 0.590. The molecule has 0 aliphatic rings. The Balaban J connectivity index is 2.72. The Morgan fingerprint density at radius 3 is 2.21 bits per heavy atom. The minimum absolute atomic E-state index is 0.590. The van der Waals surface area contributed by atoms with Gasteiger partial charge in [0.05, 0.1) is 10.0 Å². The normalized spacial score (nSPS) is 10.9. The van der Waals surface area contributed by atoms with Gasteiger partial charge in [0.1, 0.15) is 0 Å². The number of hydrogen-bond acceptors (Lipinski definition) is 0. The van der Waals surface area contributed by atoms with E-state index in [0.717, 1.165) is 17.1 Å². The van der Waals surface area contributed by atoms with Crippen LogP contribution in [0.25, 0.3) is 0 Å². The summed E-state index contributed by atoms with van der Waals surface area (Å²) >= 11 is 18.7. The van der Waals surface area contributed by atoms with Crippen molar-refractivity contribution in [3.05, 3.63) is 33.8 Å². The van der Waals surface area contributed by atoms with Crippen LogP contribution in [0.3, 0.4) is 0 Å². The highest BCUT2D eigenvalue weighted by Gasteiger charge is 2.07. The molecule has 0 aliphatic heterocycles. The van der Waals surface area contributed by atoms with Crippen LogP contribution in [0.2, 0.25) is 10.0 Å². The Kier molecular flexibility index (Phi) is 5.83. The molecule has 78 valence electrons. The van der Waals surface area contributed by atoms with Crippen LogP contribution in [0.4, 0.5) is 0 Å². The Hall–Kier alpha value is 0.760. The van der Waals surface area contributed by atoms with Gasteiger partial charge in [0, 0.05) is 10.7 Å². The first-order chi connectivity index (χ1) is 6.67. The van der Waals surface area contributed by atoms with Gasteiger partial charge in [-0.25, -0.2) is 0 Å². The maximum absolute atomic E-state index is 5.93. The van der Waals surface area contributed by atoms with Crippen LogP contribution in [0.5, 0.6) is 0 Å². The highest BCUT2D eigenvalue weighted by atomic mass is 79.9. The van der Waals surface area contributed by atoms with E-state index in [4.69, 9.17) is 23.2 Å². The lowest BCUT2D eigenvalue weighted by Gasteiger charge is -2.10. The Bertz CT molecular complexity index is 298. The van der Waals surface area contributed by atoms with Crippen molar-refractivity contribution < 1.29 is 0 Å². The lowest BCUT2D eigenvalue weighted by molar-refractivity contribution is 0.679. The summed E-state index contributed by atoms with van der Waals surface area (Å²) in [5, 5.41) is 3.22. The fourth-order valence-corrected chi connectivity index (χ4v) is 3.00. The van der Waals surface area contributed by atoms with Gasteiger partial charge in [0.15, 0.2) is 0 Å². The van der Waals surface area contributed by atoms with E-state index < -0.39 is 0 Å². The van der Waals surface area contributed by atoms with Crippen LogP contribution in [0, 0.1) is 5.92 Å². The van der Waals surface area contributed by atoms with E-state index in [1.807, 2.05) is 18.2 Å². The number of benzene rings is 1. The van der Waals surface area contributed by atoms with Gasteiger partial charge in [-0.05, 0) is 30.0 Å². The van der Waals surface area contributed by atoms with E-state index in [1.54, 1.807) is 0 Å². The molecule has 0 spiro atoms. The molecule has 0 aromatic heterocycles. The number of alkyl halides is 2. The summed E-state index contributed by atoms with van der Waals surface area (Å²) in [7, 11) is 0. The van der Waals surface area contributed by atoms with E-state index in [2.05, 4.69) is 31.9 Å². The molecule has 0 saturated carbocycles. The number of hydrogen-bond donors (Lipinski definition) is 0. The van der Waals surface area contributed by atoms with Crippen LogP contribution in [0.1, 0.15) is 5.56 Å². The van der Waals surface area contributed by atoms with E-state index in [1.165, 1.54) is 5.56 Å². The van der Waals surface area contributed by atoms with Gasteiger partial charge in [0.2, 0.25) is 0 Å². The van der Waals surface area contributed by atoms with Crippen molar-refractivity contribution in [1.82, 2.24) is 0 Å². The SMILES string of the molecule is Clc1ccc(CC(CBr)CBr)cc1Cl. The summed E-state index contributed by atoms with van der Waals surface area (Å²) in [6.45, 7) is 0. The quantitative estimate of drug-likeness (QED) is 0.667. The minimum Gasteiger partial charge on any atom is -0.0925 e. The van der Waals surface area contributed by atoms with Gasteiger partial charge in [-0.15, -0.1) is 0 Å². The van der Waals surface area contributed by atoms with Crippen LogP contribution >= 0.6 is 55.1 Å². The molecule has 0 unspecified atom stereocenters. The molecule has 4 heteroatoms. The molecular weight excluding hydrogens is 351 g/mol. The van der Waals surface area contributed by atoms with Crippen molar-refractivity contribution in [3.63, 3.8) is 0 Å². The van der Waals surface area contributed by atoms with Gasteiger partial charge in [0.25, 0.3) is 0 Å². The molecular formula is C10H10Br2Cl2. The van der Waals surface area contributed by atoms with Crippen molar-refractivity contribution in [2.75, 3.05) is 10.7 Å². The van der Waals surface area contributed by atoms with Crippen molar-refractivity contribution >= 4 is 55.1 Å². The standard InChI is InChI=1S/C10H10Br2Cl2/c11-5-8(6-12)3-7-1-2-9(13)10(14)4-7/h1-2,4,8H,3,5-6H2. The lowest BCUT2D eigenvalue weighted by atomic mass is 10.0. The predicted molar refractivity (Wildman–Crippen MR) is 71.2 cm³/mol. The van der Waals surface area contributed by atoms with Crippen LogP contribution < -0.4 is 0 Å². The van der Waals surface area contributed by atoms with Gasteiger partial charge in [-0.3, -0.25) is 0 Å². The lowest BCUT2D eigenvalue weighted by Crippen LogP contribution is -2.07. The molecule has 1 rings (SSSR count). The van der Waals surface area contributed by atoms with Crippen LogP contribution in [0.15, 0.2) is 18.2 Å². The average molecular weight is 361 g/mol.